The van der Waals surface area contributed by atoms with Gasteiger partial charge in [-0.25, -0.2) is 4.99 Å². The highest BCUT2D eigenvalue weighted by Gasteiger charge is 2.14. The van der Waals surface area contributed by atoms with Crippen molar-refractivity contribution in [2.45, 2.75) is 27.2 Å². The highest BCUT2D eigenvalue weighted by atomic mass is 79.9. The molecule has 0 atom stereocenters. The first-order valence-electron chi connectivity index (χ1n) is 7.25. The van der Waals surface area contributed by atoms with E-state index in [1.165, 1.54) is 6.42 Å². The molecule has 6 heteroatoms. The van der Waals surface area contributed by atoms with Crippen LogP contribution in [0, 0.1) is 0 Å². The Hall–Kier alpha value is -2.21. The molecule has 0 saturated carbocycles. The molecule has 1 aromatic carbocycles. The number of aliphatic imine (C=N–C) groups is 1. The van der Waals surface area contributed by atoms with E-state index in [1.807, 2.05) is 30.3 Å². The zero-order chi connectivity index (χ0) is 17.2. The summed E-state index contributed by atoms with van der Waals surface area (Å²) in [6.07, 6.45) is 2.80. The Morgan fingerprint density at radius 3 is 2.43 bits per heavy atom. The van der Waals surface area contributed by atoms with Gasteiger partial charge in [-0.15, -0.1) is 10.2 Å². The lowest BCUT2D eigenvalue weighted by molar-refractivity contribution is 0.551. The van der Waals surface area contributed by atoms with Gasteiger partial charge in [-0.05, 0) is 41.1 Å². The molecular formula is C17H21BrN4O. The van der Waals surface area contributed by atoms with E-state index in [9.17, 15) is 0 Å². The number of rotatable bonds is 4. The third-order valence-electron chi connectivity index (χ3n) is 2.41. The Morgan fingerprint density at radius 2 is 1.91 bits per heavy atom. The maximum atomic E-state index is 5.81. The van der Waals surface area contributed by atoms with Crippen LogP contribution in [0.15, 0.2) is 58.1 Å². The molecule has 0 amide bonds. The first kappa shape index (κ1) is 18.8. The van der Waals surface area contributed by atoms with E-state index in [0.717, 1.165) is 5.56 Å². The minimum atomic E-state index is 0.266. The van der Waals surface area contributed by atoms with E-state index in [0.29, 0.717) is 21.9 Å². The van der Waals surface area contributed by atoms with E-state index in [1.54, 1.807) is 13.0 Å². The van der Waals surface area contributed by atoms with Gasteiger partial charge in [-0.1, -0.05) is 45.0 Å². The number of hydrogen-bond donors (Lipinski definition) is 1. The number of nitrogens with two attached hydrogens (primary N) is 1. The lowest BCUT2D eigenvalue weighted by Crippen LogP contribution is -1.98. The average Bonchev–Trinajstić information content (AvgIpc) is 3.03. The van der Waals surface area contributed by atoms with Gasteiger partial charge in [0.25, 0.3) is 5.89 Å². The van der Waals surface area contributed by atoms with Crippen molar-refractivity contribution >= 4 is 26.2 Å². The summed E-state index contributed by atoms with van der Waals surface area (Å²) < 4.78 is 6.15. The van der Waals surface area contributed by atoms with Crippen LogP contribution in [0.25, 0.3) is 17.2 Å². The Balaban J connectivity index is 0.000000816. The van der Waals surface area contributed by atoms with Gasteiger partial charge >= 0.3 is 0 Å². The number of halogens is 1. The molecule has 0 fully saturated rings. The van der Waals surface area contributed by atoms with Crippen LogP contribution in [0.4, 0.5) is 0 Å². The number of allylic oxidation sites excluding steroid dienone is 2. The van der Waals surface area contributed by atoms with Gasteiger partial charge in [-0.2, -0.15) is 0 Å². The molecule has 0 aliphatic rings. The van der Waals surface area contributed by atoms with Crippen molar-refractivity contribution in [3.8, 4) is 11.5 Å². The van der Waals surface area contributed by atoms with Gasteiger partial charge in [0, 0.05) is 11.3 Å². The normalized spacial score (nSPS) is 12.1. The summed E-state index contributed by atoms with van der Waals surface area (Å²) in [6.45, 7) is 9.58. The van der Waals surface area contributed by atoms with Crippen LogP contribution in [0.1, 0.15) is 33.1 Å². The minimum Gasteiger partial charge on any atom is -0.415 e. The number of aromatic nitrogens is 2. The second-order valence-electron chi connectivity index (χ2n) is 4.66. The third-order valence-corrected chi connectivity index (χ3v) is 2.91. The van der Waals surface area contributed by atoms with Gasteiger partial charge < -0.3 is 10.2 Å². The Kier molecular flexibility index (Phi) is 7.97. The predicted octanol–water partition coefficient (Wildman–Crippen LogP) is 4.78. The molecule has 1 aromatic heterocycles. The fourth-order valence-electron chi connectivity index (χ4n) is 1.47. The van der Waals surface area contributed by atoms with Gasteiger partial charge in [0.15, 0.2) is 0 Å². The zero-order valence-corrected chi connectivity index (χ0v) is 15.2. The van der Waals surface area contributed by atoms with E-state index < -0.39 is 0 Å². The van der Waals surface area contributed by atoms with Crippen LogP contribution in [-0.4, -0.2) is 14.8 Å². The molecule has 2 N–H and O–H groups in total. The SMILES string of the molecule is C=CC(Br)=N/C(=C(\C)N)c1nnc(-c2ccccc2)o1.CCC. The zero-order valence-electron chi connectivity index (χ0n) is 13.6. The van der Waals surface area contributed by atoms with Crippen molar-refractivity contribution in [1.82, 2.24) is 10.2 Å². The van der Waals surface area contributed by atoms with Crippen molar-refractivity contribution in [2.24, 2.45) is 10.7 Å². The van der Waals surface area contributed by atoms with E-state index >= 15 is 0 Å². The number of benzene rings is 1. The van der Waals surface area contributed by atoms with Crippen LogP contribution in [0.2, 0.25) is 0 Å². The molecule has 0 bridgehead atoms. The molecule has 2 aromatic rings. The van der Waals surface area contributed by atoms with Gasteiger partial charge in [0.05, 0.1) is 0 Å². The summed E-state index contributed by atoms with van der Waals surface area (Å²) in [6, 6.07) is 9.49. The second kappa shape index (κ2) is 9.74. The lowest BCUT2D eigenvalue weighted by atomic mass is 10.2. The molecule has 0 saturated heterocycles. The van der Waals surface area contributed by atoms with Crippen molar-refractivity contribution in [3.05, 3.63) is 54.6 Å². The highest BCUT2D eigenvalue weighted by Crippen LogP contribution is 2.23. The largest absolute Gasteiger partial charge is 0.415 e. The van der Waals surface area contributed by atoms with E-state index in [4.69, 9.17) is 10.2 Å². The van der Waals surface area contributed by atoms with E-state index in [2.05, 4.69) is 51.5 Å². The summed E-state index contributed by atoms with van der Waals surface area (Å²) in [7, 11) is 0. The Labute approximate surface area is 145 Å². The summed E-state index contributed by atoms with van der Waals surface area (Å²) in [5.41, 5.74) is 7.55. The quantitative estimate of drug-likeness (QED) is 0.778. The molecule has 5 nitrogen and oxygen atoms in total. The summed E-state index contributed by atoms with van der Waals surface area (Å²) in [5, 5.41) is 7.99. The van der Waals surface area contributed by atoms with Crippen molar-refractivity contribution < 1.29 is 4.42 Å². The van der Waals surface area contributed by atoms with Crippen LogP contribution in [0.5, 0.6) is 0 Å². The Morgan fingerprint density at radius 1 is 1.30 bits per heavy atom. The molecule has 122 valence electrons. The molecular weight excluding hydrogens is 356 g/mol. The van der Waals surface area contributed by atoms with Crippen LogP contribution in [0.3, 0.4) is 0 Å². The standard InChI is InChI=1S/C14H13BrN4O.C3H8/c1-3-11(15)17-12(9(2)16)14-19-18-13(20-14)10-7-5-4-6-8-10;1-3-2/h3-8H,1,16H2,2H3;3H2,1-2H3/b12-9+,17-11?;. The molecule has 0 spiro atoms. The first-order valence-corrected chi connectivity index (χ1v) is 8.05. The van der Waals surface area contributed by atoms with Crippen molar-refractivity contribution in [1.29, 1.82) is 0 Å². The third kappa shape index (κ3) is 5.83. The number of hydrogen-bond acceptors (Lipinski definition) is 5. The molecule has 0 aliphatic heterocycles. The molecule has 0 aliphatic carbocycles. The van der Waals surface area contributed by atoms with Crippen LogP contribution < -0.4 is 5.73 Å². The summed E-state index contributed by atoms with van der Waals surface area (Å²) in [5.74, 6) is 0.687. The molecule has 2 rings (SSSR count). The molecule has 1 heterocycles. The summed E-state index contributed by atoms with van der Waals surface area (Å²) in [4.78, 5) is 4.25. The molecule has 0 unspecified atom stereocenters. The lowest BCUT2D eigenvalue weighted by Gasteiger charge is -1.99. The predicted molar refractivity (Wildman–Crippen MR) is 99.0 cm³/mol. The topological polar surface area (TPSA) is 77.3 Å². The van der Waals surface area contributed by atoms with Gasteiger partial charge in [-0.3, -0.25) is 0 Å². The maximum absolute atomic E-state index is 5.81. The summed E-state index contributed by atoms with van der Waals surface area (Å²) >= 11 is 3.25. The van der Waals surface area contributed by atoms with Crippen molar-refractivity contribution in [2.75, 3.05) is 0 Å². The first-order chi connectivity index (χ1) is 11.0. The van der Waals surface area contributed by atoms with Gasteiger partial charge in [0.2, 0.25) is 5.89 Å². The molecule has 0 radical (unpaired) electrons. The van der Waals surface area contributed by atoms with Crippen LogP contribution >= 0.6 is 15.9 Å². The van der Waals surface area contributed by atoms with E-state index in [-0.39, 0.29) is 5.89 Å². The van der Waals surface area contributed by atoms with Crippen LogP contribution in [-0.2, 0) is 0 Å². The fraction of sp³-hybridized carbons (Fsp3) is 0.235. The monoisotopic (exact) mass is 376 g/mol. The fourth-order valence-corrected chi connectivity index (χ4v) is 1.65. The van der Waals surface area contributed by atoms with Crippen molar-refractivity contribution in [3.63, 3.8) is 0 Å². The Bertz CT molecular complexity index is 686. The second-order valence-corrected chi connectivity index (χ2v) is 5.47. The number of nitrogens with zero attached hydrogens (tertiary/aromatic N) is 3. The average molecular weight is 377 g/mol. The minimum absolute atomic E-state index is 0.266. The molecule has 23 heavy (non-hydrogen) atoms. The smallest absolute Gasteiger partial charge is 0.268 e. The highest BCUT2D eigenvalue weighted by molar-refractivity contribution is 9.18. The maximum Gasteiger partial charge on any atom is 0.268 e. The van der Waals surface area contributed by atoms with Gasteiger partial charge in [0.1, 0.15) is 10.3 Å².